The SMILES string of the molecule is CCSCC(C)NC(=O)c1ccccc1F. The van der Waals surface area contributed by atoms with E-state index in [2.05, 4.69) is 12.2 Å². The third-order valence-corrected chi connectivity index (χ3v) is 3.21. The smallest absolute Gasteiger partial charge is 0.254 e. The summed E-state index contributed by atoms with van der Waals surface area (Å²) in [6.45, 7) is 3.98. The van der Waals surface area contributed by atoms with Crippen molar-refractivity contribution in [1.82, 2.24) is 5.32 Å². The fourth-order valence-corrected chi connectivity index (χ4v) is 1.96. The molecule has 0 radical (unpaired) electrons. The van der Waals surface area contributed by atoms with E-state index in [1.165, 1.54) is 12.1 Å². The molecule has 1 amide bonds. The molecule has 1 atom stereocenters. The molecule has 1 rings (SSSR count). The highest BCUT2D eigenvalue weighted by Crippen LogP contribution is 2.07. The van der Waals surface area contributed by atoms with Crippen LogP contribution in [0.15, 0.2) is 24.3 Å². The van der Waals surface area contributed by atoms with E-state index >= 15 is 0 Å². The van der Waals surface area contributed by atoms with E-state index in [0.29, 0.717) is 0 Å². The van der Waals surface area contributed by atoms with Gasteiger partial charge < -0.3 is 5.32 Å². The minimum atomic E-state index is -0.477. The highest BCUT2D eigenvalue weighted by molar-refractivity contribution is 7.99. The lowest BCUT2D eigenvalue weighted by molar-refractivity contribution is 0.0939. The first-order chi connectivity index (χ1) is 7.65. The molecule has 0 fully saturated rings. The van der Waals surface area contributed by atoms with Gasteiger partial charge in [-0.25, -0.2) is 4.39 Å². The Labute approximate surface area is 99.6 Å². The third-order valence-electron chi connectivity index (χ3n) is 2.07. The van der Waals surface area contributed by atoms with Crippen molar-refractivity contribution in [2.24, 2.45) is 0 Å². The van der Waals surface area contributed by atoms with E-state index in [1.807, 2.05) is 6.92 Å². The average Bonchev–Trinajstić information content (AvgIpc) is 2.26. The van der Waals surface area contributed by atoms with Crippen LogP contribution in [0.2, 0.25) is 0 Å². The van der Waals surface area contributed by atoms with Crippen molar-refractivity contribution < 1.29 is 9.18 Å². The maximum absolute atomic E-state index is 13.3. The third kappa shape index (κ3) is 3.85. The summed E-state index contributed by atoms with van der Waals surface area (Å²) in [6.07, 6.45) is 0. The zero-order valence-electron chi connectivity index (χ0n) is 9.50. The van der Waals surface area contributed by atoms with E-state index in [-0.39, 0.29) is 17.5 Å². The minimum Gasteiger partial charge on any atom is -0.349 e. The summed E-state index contributed by atoms with van der Waals surface area (Å²) in [5.41, 5.74) is 0.107. The van der Waals surface area contributed by atoms with Crippen LogP contribution in [0.25, 0.3) is 0 Å². The van der Waals surface area contributed by atoms with Crippen LogP contribution in [0, 0.1) is 5.82 Å². The van der Waals surface area contributed by atoms with E-state index in [0.717, 1.165) is 11.5 Å². The van der Waals surface area contributed by atoms with Crippen LogP contribution in [0.3, 0.4) is 0 Å². The summed E-state index contributed by atoms with van der Waals surface area (Å²) in [7, 11) is 0. The van der Waals surface area contributed by atoms with Crippen molar-refractivity contribution in [3.8, 4) is 0 Å². The molecule has 0 bridgehead atoms. The monoisotopic (exact) mass is 241 g/mol. The van der Waals surface area contributed by atoms with Gasteiger partial charge in [0.15, 0.2) is 0 Å². The first-order valence-corrected chi connectivity index (χ1v) is 6.43. The number of benzene rings is 1. The van der Waals surface area contributed by atoms with Gasteiger partial charge in [-0.3, -0.25) is 4.79 Å². The Morgan fingerprint density at radius 3 is 2.81 bits per heavy atom. The summed E-state index contributed by atoms with van der Waals surface area (Å²) in [6, 6.07) is 6.06. The van der Waals surface area contributed by atoms with Crippen LogP contribution >= 0.6 is 11.8 Å². The molecule has 16 heavy (non-hydrogen) atoms. The standard InChI is InChI=1S/C12H16FNOS/c1-3-16-8-9(2)14-12(15)10-6-4-5-7-11(10)13/h4-7,9H,3,8H2,1-2H3,(H,14,15). The van der Waals surface area contributed by atoms with Crippen LogP contribution in [0.5, 0.6) is 0 Å². The molecule has 2 nitrogen and oxygen atoms in total. The van der Waals surface area contributed by atoms with Gasteiger partial charge in [0.1, 0.15) is 5.82 Å². The van der Waals surface area contributed by atoms with Crippen molar-refractivity contribution in [3.63, 3.8) is 0 Å². The first-order valence-electron chi connectivity index (χ1n) is 5.28. The zero-order valence-corrected chi connectivity index (χ0v) is 10.3. The lowest BCUT2D eigenvalue weighted by Gasteiger charge is -2.13. The van der Waals surface area contributed by atoms with Crippen LogP contribution in [-0.4, -0.2) is 23.5 Å². The highest BCUT2D eigenvalue weighted by Gasteiger charge is 2.12. The maximum atomic E-state index is 13.3. The van der Waals surface area contributed by atoms with Crippen LogP contribution in [0.4, 0.5) is 4.39 Å². The number of nitrogens with one attached hydrogen (secondary N) is 1. The van der Waals surface area contributed by atoms with Crippen molar-refractivity contribution in [3.05, 3.63) is 35.6 Å². The van der Waals surface area contributed by atoms with Gasteiger partial charge in [-0.1, -0.05) is 19.1 Å². The highest BCUT2D eigenvalue weighted by atomic mass is 32.2. The Morgan fingerprint density at radius 2 is 2.19 bits per heavy atom. The van der Waals surface area contributed by atoms with Crippen molar-refractivity contribution in [2.75, 3.05) is 11.5 Å². The molecule has 0 aliphatic carbocycles. The fourth-order valence-electron chi connectivity index (χ4n) is 1.28. The van der Waals surface area contributed by atoms with Crippen molar-refractivity contribution >= 4 is 17.7 Å². The number of carbonyl (C=O) groups is 1. The van der Waals surface area contributed by atoms with Gasteiger partial charge in [-0.05, 0) is 24.8 Å². The van der Waals surface area contributed by atoms with Crippen LogP contribution < -0.4 is 5.32 Å². The van der Waals surface area contributed by atoms with E-state index in [4.69, 9.17) is 0 Å². The van der Waals surface area contributed by atoms with Gasteiger partial charge in [0.2, 0.25) is 0 Å². The summed E-state index contributed by atoms with van der Waals surface area (Å²) in [5, 5.41) is 2.77. The molecule has 1 aromatic carbocycles. The number of carbonyl (C=O) groups excluding carboxylic acids is 1. The first kappa shape index (κ1) is 13.0. The van der Waals surface area contributed by atoms with Crippen molar-refractivity contribution in [1.29, 1.82) is 0 Å². The molecule has 4 heteroatoms. The molecule has 1 unspecified atom stereocenters. The number of rotatable bonds is 5. The number of hydrogen-bond acceptors (Lipinski definition) is 2. The molecule has 1 aromatic rings. The molecule has 0 aromatic heterocycles. The Hall–Kier alpha value is -1.03. The number of halogens is 1. The lowest BCUT2D eigenvalue weighted by Crippen LogP contribution is -2.34. The van der Waals surface area contributed by atoms with Gasteiger partial charge >= 0.3 is 0 Å². The Kier molecular flexibility index (Phi) is 5.32. The Morgan fingerprint density at radius 1 is 1.50 bits per heavy atom. The molecular formula is C12H16FNOS. The van der Waals surface area contributed by atoms with Gasteiger partial charge in [0.25, 0.3) is 5.91 Å². The molecule has 0 spiro atoms. The van der Waals surface area contributed by atoms with Crippen molar-refractivity contribution in [2.45, 2.75) is 19.9 Å². The number of amides is 1. The second-order valence-corrected chi connectivity index (χ2v) is 4.83. The molecule has 0 aliphatic heterocycles. The minimum absolute atomic E-state index is 0.0528. The van der Waals surface area contributed by atoms with E-state index in [1.54, 1.807) is 23.9 Å². The second kappa shape index (κ2) is 6.53. The topological polar surface area (TPSA) is 29.1 Å². The largest absolute Gasteiger partial charge is 0.349 e. The molecule has 0 heterocycles. The summed E-state index contributed by atoms with van der Waals surface area (Å²) < 4.78 is 13.3. The molecule has 88 valence electrons. The molecular weight excluding hydrogens is 225 g/mol. The fraction of sp³-hybridized carbons (Fsp3) is 0.417. The number of hydrogen-bond donors (Lipinski definition) is 1. The van der Waals surface area contributed by atoms with Gasteiger partial charge in [-0.15, -0.1) is 0 Å². The Balaban J connectivity index is 2.56. The average molecular weight is 241 g/mol. The van der Waals surface area contributed by atoms with E-state index < -0.39 is 5.82 Å². The molecule has 0 saturated carbocycles. The second-order valence-electron chi connectivity index (χ2n) is 3.51. The predicted molar refractivity (Wildman–Crippen MR) is 66.3 cm³/mol. The van der Waals surface area contributed by atoms with Crippen LogP contribution in [0.1, 0.15) is 24.2 Å². The van der Waals surface area contributed by atoms with Gasteiger partial charge in [-0.2, -0.15) is 11.8 Å². The lowest BCUT2D eigenvalue weighted by atomic mass is 10.2. The predicted octanol–water partition coefficient (Wildman–Crippen LogP) is 2.70. The normalized spacial score (nSPS) is 12.2. The molecule has 1 N–H and O–H groups in total. The van der Waals surface area contributed by atoms with E-state index in [9.17, 15) is 9.18 Å². The molecule has 0 aliphatic rings. The maximum Gasteiger partial charge on any atom is 0.254 e. The van der Waals surface area contributed by atoms with Crippen LogP contribution in [-0.2, 0) is 0 Å². The summed E-state index contributed by atoms with van der Waals surface area (Å²) in [5.74, 6) is 1.04. The molecule has 0 saturated heterocycles. The Bertz CT molecular complexity index is 357. The number of thioether (sulfide) groups is 1. The summed E-state index contributed by atoms with van der Waals surface area (Å²) in [4.78, 5) is 11.7. The van der Waals surface area contributed by atoms with Gasteiger partial charge in [0.05, 0.1) is 5.56 Å². The van der Waals surface area contributed by atoms with Gasteiger partial charge in [0, 0.05) is 11.8 Å². The zero-order chi connectivity index (χ0) is 12.0. The summed E-state index contributed by atoms with van der Waals surface area (Å²) >= 11 is 1.75. The quantitative estimate of drug-likeness (QED) is 0.858.